The summed E-state index contributed by atoms with van der Waals surface area (Å²) in [5.74, 6) is 5.65. The molecule has 2 aromatic heterocycles. The van der Waals surface area contributed by atoms with E-state index in [9.17, 15) is 14.0 Å². The summed E-state index contributed by atoms with van der Waals surface area (Å²) in [6.45, 7) is 8.19. The van der Waals surface area contributed by atoms with Crippen LogP contribution in [-0.2, 0) is 4.79 Å². The third-order valence-corrected chi connectivity index (χ3v) is 6.72. The van der Waals surface area contributed by atoms with Gasteiger partial charge in [0.1, 0.15) is 5.75 Å². The van der Waals surface area contributed by atoms with Crippen molar-refractivity contribution in [2.75, 3.05) is 30.3 Å². The molecule has 2 aromatic carbocycles. The van der Waals surface area contributed by atoms with Crippen LogP contribution in [-0.4, -0.2) is 41.3 Å². The quantitative estimate of drug-likeness (QED) is 0.268. The Morgan fingerprint density at radius 3 is 2.42 bits per heavy atom. The number of pyridine rings is 1. The van der Waals surface area contributed by atoms with Crippen LogP contribution in [0.5, 0.6) is 11.5 Å². The average molecular weight is 531 g/mol. The number of fused-ring (bicyclic) bond motifs is 1. The zero-order valence-electron chi connectivity index (χ0n) is 21.3. The summed E-state index contributed by atoms with van der Waals surface area (Å²) in [6.07, 6.45) is 1.61. The zero-order chi connectivity index (χ0) is 27.1. The van der Waals surface area contributed by atoms with Crippen LogP contribution < -0.4 is 15.4 Å². The van der Waals surface area contributed by atoms with Gasteiger partial charge in [-0.25, -0.2) is 4.39 Å². The van der Waals surface area contributed by atoms with Gasteiger partial charge >= 0.3 is 0 Å². The van der Waals surface area contributed by atoms with E-state index in [-0.39, 0.29) is 17.3 Å². The number of ether oxygens (including phenoxy) is 1. The van der Waals surface area contributed by atoms with Crippen molar-refractivity contribution in [1.82, 2.24) is 9.88 Å². The molecule has 0 atom stereocenters. The maximum Gasteiger partial charge on any atom is 0.255 e. The van der Waals surface area contributed by atoms with Crippen molar-refractivity contribution < 1.29 is 18.7 Å². The molecular formula is C29H27FN4O3S. The maximum atomic E-state index is 14.9. The van der Waals surface area contributed by atoms with Crippen LogP contribution in [0, 0.1) is 17.7 Å². The molecule has 2 N–H and O–H groups in total. The zero-order valence-corrected chi connectivity index (χ0v) is 22.1. The van der Waals surface area contributed by atoms with Gasteiger partial charge in [0.15, 0.2) is 11.6 Å². The molecule has 4 rings (SSSR count). The van der Waals surface area contributed by atoms with Gasteiger partial charge in [-0.15, -0.1) is 11.3 Å². The molecule has 0 spiro atoms. The number of halogens is 1. The average Bonchev–Trinajstić information content (AvgIpc) is 3.32. The van der Waals surface area contributed by atoms with E-state index < -0.39 is 11.7 Å². The Morgan fingerprint density at radius 2 is 1.74 bits per heavy atom. The maximum absolute atomic E-state index is 14.9. The smallest absolute Gasteiger partial charge is 0.255 e. The van der Waals surface area contributed by atoms with Gasteiger partial charge in [0, 0.05) is 42.2 Å². The van der Waals surface area contributed by atoms with Gasteiger partial charge in [-0.3, -0.25) is 19.5 Å². The van der Waals surface area contributed by atoms with E-state index >= 15 is 0 Å². The Kier molecular flexibility index (Phi) is 8.69. The Bertz CT molecular complexity index is 1520. The van der Waals surface area contributed by atoms with Crippen LogP contribution >= 0.6 is 11.3 Å². The monoisotopic (exact) mass is 530 g/mol. The Hall–Kier alpha value is -4.26. The Balaban J connectivity index is 1.46. The van der Waals surface area contributed by atoms with Crippen LogP contribution in [0.25, 0.3) is 10.2 Å². The summed E-state index contributed by atoms with van der Waals surface area (Å²) in [4.78, 5) is 31.2. The van der Waals surface area contributed by atoms with E-state index in [1.165, 1.54) is 30.4 Å². The first-order chi connectivity index (χ1) is 18.4. The van der Waals surface area contributed by atoms with E-state index in [2.05, 4.69) is 46.2 Å². The van der Waals surface area contributed by atoms with Crippen molar-refractivity contribution in [3.63, 3.8) is 0 Å². The number of rotatable bonds is 8. The first-order valence-corrected chi connectivity index (χ1v) is 12.9. The Morgan fingerprint density at radius 1 is 1.00 bits per heavy atom. The lowest BCUT2D eigenvalue weighted by atomic mass is 10.2. The lowest BCUT2D eigenvalue weighted by molar-refractivity contribution is -0.114. The van der Waals surface area contributed by atoms with Crippen molar-refractivity contribution in [1.29, 1.82) is 0 Å². The highest BCUT2D eigenvalue weighted by molar-refractivity contribution is 7.19. The summed E-state index contributed by atoms with van der Waals surface area (Å²) in [5, 5.41) is 5.31. The van der Waals surface area contributed by atoms with Gasteiger partial charge in [0.05, 0.1) is 21.6 Å². The summed E-state index contributed by atoms with van der Waals surface area (Å²) >= 11 is 1.45. The second kappa shape index (κ2) is 12.3. The minimum Gasteiger partial charge on any atom is -0.453 e. The van der Waals surface area contributed by atoms with E-state index in [0.717, 1.165) is 28.2 Å². The molecule has 2 heterocycles. The number of carbonyl (C=O) groups excluding carboxylic acids is 2. The van der Waals surface area contributed by atoms with Gasteiger partial charge in [0.2, 0.25) is 5.91 Å². The van der Waals surface area contributed by atoms with Crippen molar-refractivity contribution in [2.45, 2.75) is 20.8 Å². The third kappa shape index (κ3) is 6.73. The summed E-state index contributed by atoms with van der Waals surface area (Å²) < 4.78 is 21.6. The highest BCUT2D eigenvalue weighted by atomic mass is 32.1. The minimum absolute atomic E-state index is 0.0257. The number of anilines is 2. The summed E-state index contributed by atoms with van der Waals surface area (Å²) in [6, 6.07) is 14.2. The fourth-order valence-corrected chi connectivity index (χ4v) is 4.57. The lowest BCUT2D eigenvalue weighted by Crippen LogP contribution is -2.22. The highest BCUT2D eigenvalue weighted by Crippen LogP contribution is 2.36. The molecule has 0 radical (unpaired) electrons. The van der Waals surface area contributed by atoms with Crippen LogP contribution in [0.4, 0.5) is 15.8 Å². The van der Waals surface area contributed by atoms with Crippen molar-refractivity contribution in [2.24, 2.45) is 0 Å². The van der Waals surface area contributed by atoms with Gasteiger partial charge in [-0.05, 0) is 55.6 Å². The molecule has 7 nitrogen and oxygen atoms in total. The SMILES string of the molecule is CCN(CC)CC#Cc1cc2nccc(Oc3ccc(NC(=O)c4ccc(NC(C)=O)cc4)cc3F)c2s1. The predicted octanol–water partition coefficient (Wildman–Crippen LogP) is 6.13. The third-order valence-electron chi connectivity index (χ3n) is 5.66. The summed E-state index contributed by atoms with van der Waals surface area (Å²) in [7, 11) is 0. The van der Waals surface area contributed by atoms with E-state index in [1.807, 2.05) is 6.07 Å². The number of hydrogen-bond donors (Lipinski definition) is 2. The van der Waals surface area contributed by atoms with Gasteiger partial charge in [0.25, 0.3) is 5.91 Å². The van der Waals surface area contributed by atoms with E-state index in [0.29, 0.717) is 23.5 Å². The first kappa shape index (κ1) is 26.8. The number of hydrogen-bond acceptors (Lipinski definition) is 6. The molecule has 0 saturated heterocycles. The molecular weight excluding hydrogens is 503 g/mol. The molecule has 0 saturated carbocycles. The van der Waals surface area contributed by atoms with Crippen LogP contribution in [0.15, 0.2) is 60.8 Å². The fraction of sp³-hybridized carbons (Fsp3) is 0.207. The number of benzene rings is 2. The number of nitrogens with one attached hydrogen (secondary N) is 2. The Labute approximate surface area is 224 Å². The van der Waals surface area contributed by atoms with Crippen LogP contribution in [0.3, 0.4) is 0 Å². The predicted molar refractivity (Wildman–Crippen MR) is 149 cm³/mol. The number of carbonyl (C=O) groups is 2. The van der Waals surface area contributed by atoms with Crippen molar-refractivity contribution in [3.8, 4) is 23.3 Å². The molecule has 4 aromatic rings. The lowest BCUT2D eigenvalue weighted by Gasteiger charge is -2.12. The normalized spacial score (nSPS) is 10.7. The molecule has 2 amide bonds. The molecule has 38 heavy (non-hydrogen) atoms. The first-order valence-electron chi connectivity index (χ1n) is 12.1. The standard InChI is InChI=1S/C29H27FN4O3S/c1-4-34(5-2)16-6-7-23-18-25-28(38-23)27(14-15-31-25)37-26-13-12-22(17-24(26)30)33-29(36)20-8-10-21(11-9-20)32-19(3)35/h8-15,17-18H,4-5,16H2,1-3H3,(H,32,35)(H,33,36). The minimum atomic E-state index is -0.621. The molecule has 0 unspecified atom stereocenters. The van der Waals surface area contributed by atoms with Crippen molar-refractivity contribution >= 4 is 44.7 Å². The number of thiophene rings is 1. The number of nitrogens with zero attached hydrogens (tertiary/aromatic N) is 2. The van der Waals surface area contributed by atoms with Gasteiger partial charge < -0.3 is 15.4 Å². The van der Waals surface area contributed by atoms with Crippen molar-refractivity contribution in [3.05, 3.63) is 77.1 Å². The molecule has 0 aliphatic heterocycles. The molecule has 9 heteroatoms. The topological polar surface area (TPSA) is 83.6 Å². The summed E-state index contributed by atoms with van der Waals surface area (Å²) in [5.41, 5.74) is 1.96. The molecule has 0 fully saturated rings. The molecule has 0 bridgehead atoms. The van der Waals surface area contributed by atoms with E-state index in [4.69, 9.17) is 4.74 Å². The molecule has 0 aliphatic rings. The second-order valence-electron chi connectivity index (χ2n) is 8.36. The number of amides is 2. The van der Waals surface area contributed by atoms with Gasteiger partial charge in [-0.1, -0.05) is 25.7 Å². The van der Waals surface area contributed by atoms with Crippen LogP contribution in [0.2, 0.25) is 0 Å². The highest BCUT2D eigenvalue weighted by Gasteiger charge is 2.13. The largest absolute Gasteiger partial charge is 0.453 e. The number of aromatic nitrogens is 1. The van der Waals surface area contributed by atoms with E-state index in [1.54, 1.807) is 42.6 Å². The molecule has 0 aliphatic carbocycles. The second-order valence-corrected chi connectivity index (χ2v) is 9.41. The molecule has 194 valence electrons. The van der Waals surface area contributed by atoms with Crippen LogP contribution in [0.1, 0.15) is 36.0 Å². The fourth-order valence-electron chi connectivity index (χ4n) is 3.63. The van der Waals surface area contributed by atoms with Gasteiger partial charge in [-0.2, -0.15) is 0 Å².